The number of ether oxygens (including phenoxy) is 1. The van der Waals surface area contributed by atoms with Gasteiger partial charge in [-0.1, -0.05) is 38.5 Å². The number of benzene rings is 1. The summed E-state index contributed by atoms with van der Waals surface area (Å²) in [6.45, 7) is 9.00. The number of fused-ring (bicyclic) bond motifs is 5. The molecule has 1 aromatic rings. The highest BCUT2D eigenvalue weighted by Gasteiger charge is 2.63. The van der Waals surface area contributed by atoms with Gasteiger partial charge in [-0.3, -0.25) is 13.8 Å². The van der Waals surface area contributed by atoms with Gasteiger partial charge in [0.25, 0.3) is 10.1 Å². The lowest BCUT2D eigenvalue weighted by Gasteiger charge is -2.60. The summed E-state index contributed by atoms with van der Waals surface area (Å²) < 4.78 is 36.6. The zero-order valence-corrected chi connectivity index (χ0v) is 25.1. The van der Waals surface area contributed by atoms with Crippen molar-refractivity contribution in [2.45, 2.75) is 103 Å². The van der Waals surface area contributed by atoms with E-state index in [9.17, 15) is 18.0 Å². The molecule has 0 aromatic heterocycles. The van der Waals surface area contributed by atoms with Crippen LogP contribution in [0.2, 0.25) is 0 Å². The second-order valence-corrected chi connectivity index (χ2v) is 15.3. The summed E-state index contributed by atoms with van der Waals surface area (Å²) in [4.78, 5) is 25.8. The summed E-state index contributed by atoms with van der Waals surface area (Å²) in [5.74, 6) is 2.25. The van der Waals surface area contributed by atoms with E-state index in [-0.39, 0.29) is 39.6 Å². The van der Waals surface area contributed by atoms with Crippen LogP contribution in [-0.4, -0.2) is 33.4 Å². The van der Waals surface area contributed by atoms with Crippen LogP contribution in [0, 0.1) is 53.3 Å². The van der Waals surface area contributed by atoms with Crippen molar-refractivity contribution in [3.05, 3.63) is 29.8 Å². The monoisotopic (exact) mass is 558 g/mol. The second-order valence-electron chi connectivity index (χ2n) is 13.7. The zero-order valence-electron chi connectivity index (χ0n) is 24.3. The van der Waals surface area contributed by atoms with Crippen molar-refractivity contribution in [3.8, 4) is 0 Å². The quantitative estimate of drug-likeness (QED) is 0.281. The maximum atomic E-state index is 13.9. The lowest BCUT2D eigenvalue weighted by Crippen LogP contribution is -2.57. The third kappa shape index (κ3) is 5.11. The molecule has 1 aromatic carbocycles. The van der Waals surface area contributed by atoms with E-state index in [0.717, 1.165) is 44.1 Å². The minimum absolute atomic E-state index is 0.0436. The smallest absolute Gasteiger partial charge is 0.305 e. The van der Waals surface area contributed by atoms with Gasteiger partial charge in [-0.25, -0.2) is 0 Å². The number of hydrogen-bond donors (Lipinski definition) is 0. The van der Waals surface area contributed by atoms with Crippen LogP contribution in [0.25, 0.3) is 0 Å². The average Bonchev–Trinajstić information content (AvgIpc) is 3.25. The second kappa shape index (κ2) is 10.6. The van der Waals surface area contributed by atoms with Crippen molar-refractivity contribution in [1.29, 1.82) is 0 Å². The number of carbonyl (C=O) groups excluding carboxylic acids is 2. The Bertz CT molecular complexity index is 1190. The van der Waals surface area contributed by atoms with Crippen molar-refractivity contribution < 1.29 is 26.9 Å². The number of carbonyl (C=O) groups is 2. The Labute approximate surface area is 234 Å². The molecule has 0 bridgehead atoms. The summed E-state index contributed by atoms with van der Waals surface area (Å²) in [7, 11) is -2.38. The molecule has 6 nitrogen and oxygen atoms in total. The SMILES string of the molecule is COC(=O)CCC(C)[C@H]1CC[C@H]2[C@@H]3C(=O)C[C@@H]4C[C@H](OS(=O)(=O)c5ccc(C)cc5)CC[C@]4(C)[C@H]3CC[C@]12C. The Morgan fingerprint density at radius 1 is 1.03 bits per heavy atom. The van der Waals surface area contributed by atoms with Gasteiger partial charge in [-0.2, -0.15) is 8.42 Å². The number of methoxy groups -OCH3 is 1. The van der Waals surface area contributed by atoms with Crippen LogP contribution in [0.4, 0.5) is 0 Å². The van der Waals surface area contributed by atoms with Crippen LogP contribution in [0.3, 0.4) is 0 Å². The summed E-state index contributed by atoms with van der Waals surface area (Å²) in [5, 5.41) is 0. The van der Waals surface area contributed by atoms with Crippen molar-refractivity contribution in [2.75, 3.05) is 7.11 Å². The molecule has 4 fully saturated rings. The molecule has 0 spiro atoms. The molecular formula is C32H46O6S. The molecule has 0 aliphatic heterocycles. The lowest BCUT2D eigenvalue weighted by atomic mass is 9.44. The topological polar surface area (TPSA) is 86.7 Å². The van der Waals surface area contributed by atoms with E-state index in [1.165, 1.54) is 7.11 Å². The van der Waals surface area contributed by atoms with Crippen molar-refractivity contribution in [2.24, 2.45) is 46.3 Å². The van der Waals surface area contributed by atoms with E-state index in [0.29, 0.717) is 55.1 Å². The summed E-state index contributed by atoms with van der Waals surface area (Å²) in [6.07, 6.45) is 8.13. The van der Waals surface area contributed by atoms with Crippen LogP contribution in [-0.2, 0) is 28.6 Å². The van der Waals surface area contributed by atoms with Crippen molar-refractivity contribution >= 4 is 21.9 Å². The Morgan fingerprint density at radius 3 is 2.38 bits per heavy atom. The Kier molecular flexibility index (Phi) is 7.82. The first-order valence-corrected chi connectivity index (χ1v) is 16.4. The molecular weight excluding hydrogens is 512 g/mol. The van der Waals surface area contributed by atoms with Crippen LogP contribution >= 0.6 is 0 Å². The Balaban J connectivity index is 1.29. The lowest BCUT2D eigenvalue weighted by molar-refractivity contribution is -0.160. The number of Topliss-reactive ketones (excluding diaryl/α,β-unsaturated/α-hetero) is 1. The zero-order chi connectivity index (χ0) is 28.2. The van der Waals surface area contributed by atoms with E-state index in [1.54, 1.807) is 24.3 Å². The molecule has 216 valence electrons. The minimum atomic E-state index is -3.83. The predicted molar refractivity (Wildman–Crippen MR) is 149 cm³/mol. The molecule has 0 radical (unpaired) electrons. The molecule has 7 heteroatoms. The van der Waals surface area contributed by atoms with Crippen LogP contribution in [0.5, 0.6) is 0 Å². The molecule has 0 amide bonds. The van der Waals surface area contributed by atoms with Crippen LogP contribution < -0.4 is 0 Å². The molecule has 0 saturated heterocycles. The van der Waals surface area contributed by atoms with Gasteiger partial charge in [-0.05, 0) is 111 Å². The minimum Gasteiger partial charge on any atom is -0.469 e. The predicted octanol–water partition coefficient (Wildman–Crippen LogP) is 6.50. The third-order valence-corrected chi connectivity index (χ3v) is 13.2. The van der Waals surface area contributed by atoms with Gasteiger partial charge in [0.05, 0.1) is 18.1 Å². The van der Waals surface area contributed by atoms with Gasteiger partial charge in [0.2, 0.25) is 0 Å². The fourth-order valence-corrected chi connectivity index (χ4v) is 10.7. The molecule has 4 saturated carbocycles. The van der Waals surface area contributed by atoms with E-state index in [2.05, 4.69) is 20.8 Å². The molecule has 1 unspecified atom stereocenters. The standard InChI is InChI=1S/C32H46O6S/c1-20-6-9-24(10-7-20)39(35,36)38-23-14-16-31(3)22(18-23)19-28(33)30-26-12-11-25(21(2)8-13-29(34)37-5)32(26,4)17-15-27(30)31/h6-7,9-10,21-23,25-27,30H,8,11-19H2,1-5H3/t21?,22-,23+,25+,26-,27-,30-,31-,32+/m0/s1. The van der Waals surface area contributed by atoms with Gasteiger partial charge in [0, 0.05) is 18.8 Å². The van der Waals surface area contributed by atoms with E-state index in [4.69, 9.17) is 8.92 Å². The summed E-state index contributed by atoms with van der Waals surface area (Å²) >= 11 is 0. The maximum absolute atomic E-state index is 13.9. The number of esters is 1. The summed E-state index contributed by atoms with van der Waals surface area (Å²) in [6, 6.07) is 6.80. The average molecular weight is 559 g/mol. The Morgan fingerprint density at radius 2 is 1.69 bits per heavy atom. The number of rotatable bonds is 7. The molecule has 5 rings (SSSR count). The molecule has 0 N–H and O–H groups in total. The van der Waals surface area contributed by atoms with E-state index in [1.807, 2.05) is 6.92 Å². The fourth-order valence-electron chi connectivity index (χ4n) is 9.54. The van der Waals surface area contributed by atoms with Crippen molar-refractivity contribution in [1.82, 2.24) is 0 Å². The number of aryl methyl sites for hydroxylation is 1. The van der Waals surface area contributed by atoms with Gasteiger partial charge in [0.1, 0.15) is 5.78 Å². The van der Waals surface area contributed by atoms with Gasteiger partial charge in [0.15, 0.2) is 0 Å². The summed E-state index contributed by atoms with van der Waals surface area (Å²) in [5.41, 5.74) is 1.19. The van der Waals surface area contributed by atoms with Crippen molar-refractivity contribution in [3.63, 3.8) is 0 Å². The maximum Gasteiger partial charge on any atom is 0.305 e. The highest BCUT2D eigenvalue weighted by Crippen LogP contribution is 2.67. The normalized spacial score (nSPS) is 38.8. The van der Waals surface area contributed by atoms with Gasteiger partial charge >= 0.3 is 5.97 Å². The van der Waals surface area contributed by atoms with E-state index < -0.39 is 10.1 Å². The third-order valence-electron chi connectivity index (χ3n) is 11.8. The van der Waals surface area contributed by atoms with Gasteiger partial charge < -0.3 is 4.74 Å². The highest BCUT2D eigenvalue weighted by atomic mass is 32.2. The van der Waals surface area contributed by atoms with E-state index >= 15 is 0 Å². The molecule has 0 heterocycles. The molecule has 39 heavy (non-hydrogen) atoms. The highest BCUT2D eigenvalue weighted by molar-refractivity contribution is 7.86. The van der Waals surface area contributed by atoms with Gasteiger partial charge in [-0.15, -0.1) is 0 Å². The molecule has 4 aliphatic rings. The number of ketones is 1. The first kappa shape index (κ1) is 28.8. The first-order valence-electron chi connectivity index (χ1n) is 15.0. The molecule has 9 atom stereocenters. The number of hydrogen-bond acceptors (Lipinski definition) is 6. The fraction of sp³-hybridized carbons (Fsp3) is 0.750. The molecule has 4 aliphatic carbocycles. The first-order chi connectivity index (χ1) is 18.4. The largest absolute Gasteiger partial charge is 0.469 e. The van der Waals surface area contributed by atoms with Crippen LogP contribution in [0.1, 0.15) is 90.5 Å². The Hall–Kier alpha value is -1.73. The van der Waals surface area contributed by atoms with Crippen LogP contribution in [0.15, 0.2) is 29.2 Å².